The van der Waals surface area contributed by atoms with Crippen molar-refractivity contribution in [2.75, 3.05) is 25.6 Å². The van der Waals surface area contributed by atoms with Gasteiger partial charge in [-0.1, -0.05) is 37.3 Å². The molecule has 0 radical (unpaired) electrons. The number of aryl methyl sites for hydroxylation is 1. The highest BCUT2D eigenvalue weighted by Gasteiger charge is 2.34. The Morgan fingerprint density at radius 2 is 1.52 bits per heavy atom. The van der Waals surface area contributed by atoms with Crippen molar-refractivity contribution in [2.45, 2.75) is 18.2 Å². The molecule has 3 rings (SSSR count). The van der Waals surface area contributed by atoms with Gasteiger partial charge in [0.2, 0.25) is 5.75 Å². The average molecular weight is 534 g/mol. The summed E-state index contributed by atoms with van der Waals surface area (Å²) in [7, 11) is 0.0307. The van der Waals surface area contributed by atoms with Crippen molar-refractivity contribution in [3.63, 3.8) is 0 Å². The molecule has 0 unspecified atom stereocenters. The van der Waals surface area contributed by atoms with Crippen LogP contribution < -0.4 is 18.5 Å². The van der Waals surface area contributed by atoms with Crippen LogP contribution in [0.1, 0.15) is 22.8 Å². The molecule has 3 aromatic carbocycles. The fraction of sp³-hybridized carbons (Fsp3) is 0.208. The third-order valence-electron chi connectivity index (χ3n) is 5.04. The molecule has 0 aliphatic carbocycles. The summed E-state index contributed by atoms with van der Waals surface area (Å²) in [5.41, 5.74) is 1.25. The van der Waals surface area contributed by atoms with E-state index in [1.54, 1.807) is 42.5 Å². The number of halogens is 1. The highest BCUT2D eigenvalue weighted by Crippen LogP contribution is 2.45. The standard InChI is InChI=1S/C24H24BrNO6S/c1-5-16-11-13-17(14-12-16)26(33(28,29)18-9-7-6-8-10-18)24(27)19-15-20(30-2)22(31-3)23(32-4)21(19)25/h6-15H,5H2,1-4H3. The molecule has 3 aromatic rings. The molecule has 0 spiro atoms. The molecule has 0 fully saturated rings. The highest BCUT2D eigenvalue weighted by molar-refractivity contribution is 9.10. The maximum atomic E-state index is 13.8. The normalized spacial score (nSPS) is 11.1. The summed E-state index contributed by atoms with van der Waals surface area (Å²) in [5.74, 6) is -0.0831. The SMILES string of the molecule is CCc1ccc(N(C(=O)c2cc(OC)c(OC)c(OC)c2Br)S(=O)(=O)c2ccccc2)cc1. The van der Waals surface area contributed by atoms with E-state index in [4.69, 9.17) is 14.2 Å². The Labute approximate surface area is 202 Å². The Hall–Kier alpha value is -3.04. The largest absolute Gasteiger partial charge is 0.493 e. The quantitative estimate of drug-likeness (QED) is 0.401. The maximum absolute atomic E-state index is 13.8. The summed E-state index contributed by atoms with van der Waals surface area (Å²) >= 11 is 3.38. The molecule has 0 aliphatic heterocycles. The van der Waals surface area contributed by atoms with Crippen LogP contribution in [0.3, 0.4) is 0 Å². The van der Waals surface area contributed by atoms with Gasteiger partial charge in [0.05, 0.1) is 41.9 Å². The molecule has 0 atom stereocenters. The van der Waals surface area contributed by atoms with Gasteiger partial charge < -0.3 is 14.2 Å². The van der Waals surface area contributed by atoms with E-state index in [9.17, 15) is 13.2 Å². The zero-order chi connectivity index (χ0) is 24.2. The fourth-order valence-electron chi connectivity index (χ4n) is 3.32. The first-order chi connectivity index (χ1) is 15.8. The highest BCUT2D eigenvalue weighted by atomic mass is 79.9. The lowest BCUT2D eigenvalue weighted by molar-refractivity contribution is 0.100. The number of benzene rings is 3. The first-order valence-electron chi connectivity index (χ1n) is 10.0. The lowest BCUT2D eigenvalue weighted by Gasteiger charge is -2.24. The Morgan fingerprint density at radius 3 is 2.03 bits per heavy atom. The number of nitrogens with zero attached hydrogens (tertiary/aromatic N) is 1. The lowest BCUT2D eigenvalue weighted by atomic mass is 10.1. The maximum Gasteiger partial charge on any atom is 0.273 e. The number of sulfonamides is 1. The fourth-order valence-corrected chi connectivity index (χ4v) is 5.37. The third kappa shape index (κ3) is 4.69. The van der Waals surface area contributed by atoms with Crippen molar-refractivity contribution in [3.8, 4) is 17.2 Å². The van der Waals surface area contributed by atoms with Crippen LogP contribution >= 0.6 is 15.9 Å². The molecule has 0 saturated heterocycles. The number of amides is 1. The Morgan fingerprint density at radius 1 is 0.909 bits per heavy atom. The van der Waals surface area contributed by atoms with Crippen LogP contribution in [0.2, 0.25) is 0 Å². The zero-order valence-corrected chi connectivity index (χ0v) is 21.1. The van der Waals surface area contributed by atoms with Gasteiger partial charge in [-0.05, 0) is 58.2 Å². The Kier molecular flexibility index (Phi) is 7.65. The van der Waals surface area contributed by atoms with Crippen LogP contribution in [-0.4, -0.2) is 35.7 Å². The number of carbonyl (C=O) groups excluding carboxylic acids is 1. The van der Waals surface area contributed by atoms with Gasteiger partial charge in [-0.25, -0.2) is 8.42 Å². The van der Waals surface area contributed by atoms with Crippen molar-refractivity contribution in [1.29, 1.82) is 0 Å². The van der Waals surface area contributed by atoms with Crippen molar-refractivity contribution >= 4 is 37.5 Å². The molecule has 0 N–H and O–H groups in total. The van der Waals surface area contributed by atoms with Crippen LogP contribution in [0.5, 0.6) is 17.2 Å². The minimum Gasteiger partial charge on any atom is -0.493 e. The number of rotatable bonds is 8. The molecule has 7 nitrogen and oxygen atoms in total. The molecule has 0 aromatic heterocycles. The van der Waals surface area contributed by atoms with Gasteiger partial charge in [-0.2, -0.15) is 4.31 Å². The van der Waals surface area contributed by atoms with Crippen molar-refractivity contribution in [2.24, 2.45) is 0 Å². The van der Waals surface area contributed by atoms with Gasteiger partial charge in [0, 0.05) is 0 Å². The smallest absolute Gasteiger partial charge is 0.273 e. The van der Waals surface area contributed by atoms with Gasteiger partial charge in [0.25, 0.3) is 15.9 Å². The van der Waals surface area contributed by atoms with E-state index in [1.807, 2.05) is 6.92 Å². The van der Waals surface area contributed by atoms with Crippen LogP contribution in [0.4, 0.5) is 5.69 Å². The molecule has 0 heterocycles. The number of anilines is 1. The molecule has 0 aliphatic rings. The second-order valence-electron chi connectivity index (χ2n) is 6.91. The predicted octanol–water partition coefficient (Wildman–Crippen LogP) is 5.07. The Balaban J connectivity index is 2.26. The number of ether oxygens (including phenoxy) is 3. The second-order valence-corrected chi connectivity index (χ2v) is 9.49. The third-order valence-corrected chi connectivity index (χ3v) is 7.56. The summed E-state index contributed by atoms with van der Waals surface area (Å²) < 4.78 is 44.5. The van der Waals surface area contributed by atoms with Crippen LogP contribution in [-0.2, 0) is 16.4 Å². The van der Waals surface area contributed by atoms with E-state index in [2.05, 4.69) is 15.9 Å². The topological polar surface area (TPSA) is 82.1 Å². The van der Waals surface area contributed by atoms with Gasteiger partial charge >= 0.3 is 0 Å². The number of carbonyl (C=O) groups is 1. The van der Waals surface area contributed by atoms with E-state index in [-0.39, 0.29) is 37.9 Å². The molecule has 0 saturated carbocycles. The molecular weight excluding hydrogens is 510 g/mol. The monoisotopic (exact) mass is 533 g/mol. The van der Waals surface area contributed by atoms with E-state index >= 15 is 0 Å². The van der Waals surface area contributed by atoms with Crippen molar-refractivity contribution < 1.29 is 27.4 Å². The summed E-state index contributed by atoms with van der Waals surface area (Å²) in [6.07, 6.45) is 0.776. The summed E-state index contributed by atoms with van der Waals surface area (Å²) in [6, 6.07) is 16.0. The van der Waals surface area contributed by atoms with Gasteiger partial charge in [0.15, 0.2) is 11.5 Å². The molecular formula is C24H24BrNO6S. The molecule has 1 amide bonds. The number of hydrogen-bond donors (Lipinski definition) is 0. The zero-order valence-electron chi connectivity index (χ0n) is 18.7. The van der Waals surface area contributed by atoms with Crippen molar-refractivity contribution in [1.82, 2.24) is 0 Å². The van der Waals surface area contributed by atoms with Crippen LogP contribution in [0, 0.1) is 0 Å². The molecule has 0 bridgehead atoms. The predicted molar refractivity (Wildman–Crippen MR) is 130 cm³/mol. The number of hydrogen-bond acceptors (Lipinski definition) is 6. The minimum atomic E-state index is -4.24. The van der Waals surface area contributed by atoms with Crippen molar-refractivity contribution in [3.05, 3.63) is 76.3 Å². The van der Waals surface area contributed by atoms with E-state index < -0.39 is 15.9 Å². The summed E-state index contributed by atoms with van der Waals surface area (Å²) in [5, 5.41) is 0. The van der Waals surface area contributed by atoms with E-state index in [0.717, 1.165) is 16.3 Å². The minimum absolute atomic E-state index is 0.0125. The summed E-state index contributed by atoms with van der Waals surface area (Å²) in [4.78, 5) is 13.8. The molecule has 174 valence electrons. The Bertz CT molecular complexity index is 1240. The lowest BCUT2D eigenvalue weighted by Crippen LogP contribution is -2.37. The van der Waals surface area contributed by atoms with Crippen LogP contribution in [0.15, 0.2) is 70.0 Å². The summed E-state index contributed by atoms with van der Waals surface area (Å²) in [6.45, 7) is 1.99. The van der Waals surface area contributed by atoms with E-state index in [1.165, 1.54) is 39.5 Å². The average Bonchev–Trinajstić information content (AvgIpc) is 2.84. The van der Waals surface area contributed by atoms with Gasteiger partial charge in [-0.15, -0.1) is 0 Å². The second kappa shape index (κ2) is 10.3. The first-order valence-corrected chi connectivity index (χ1v) is 12.3. The van der Waals surface area contributed by atoms with Gasteiger partial charge in [-0.3, -0.25) is 4.79 Å². The van der Waals surface area contributed by atoms with Gasteiger partial charge in [0.1, 0.15) is 0 Å². The molecule has 33 heavy (non-hydrogen) atoms. The number of methoxy groups -OCH3 is 3. The van der Waals surface area contributed by atoms with Crippen LogP contribution in [0.25, 0.3) is 0 Å². The first kappa shape index (κ1) is 24.6. The van der Waals surface area contributed by atoms with E-state index in [0.29, 0.717) is 0 Å². The molecule has 9 heteroatoms.